The summed E-state index contributed by atoms with van der Waals surface area (Å²) in [6, 6.07) is 0. The van der Waals surface area contributed by atoms with Crippen LogP contribution in [0, 0.1) is 35.5 Å². The van der Waals surface area contributed by atoms with E-state index >= 15 is 0 Å². The van der Waals surface area contributed by atoms with Gasteiger partial charge in [-0.3, -0.25) is 0 Å². The Bertz CT molecular complexity index is 38.7. The Kier molecular flexibility index (Phi) is 115. The zero-order chi connectivity index (χ0) is 6.00. The molecular formula is C3FmN3-3. The van der Waals surface area contributed by atoms with Crippen LogP contribution in [0.2, 0.25) is 0 Å². The summed E-state index contributed by atoms with van der Waals surface area (Å²) in [6.07, 6.45) is 0. The van der Waals surface area contributed by atoms with E-state index in [0.717, 1.165) is 0 Å². The van der Waals surface area contributed by atoms with Gasteiger partial charge < -0.3 is 35.5 Å². The van der Waals surface area contributed by atoms with Crippen molar-refractivity contribution in [3.8, 4) is 0 Å². The molecule has 7 heavy (non-hydrogen) atoms. The molecule has 0 aromatic rings. The van der Waals surface area contributed by atoms with Gasteiger partial charge in [-0.25, -0.2) is 0 Å². The molecule has 0 radical (unpaired) electrons. The van der Waals surface area contributed by atoms with E-state index in [1.807, 2.05) is 0 Å². The molecule has 0 aliphatic rings. The molecular weight excluding hydrogens is 335 g/mol. The van der Waals surface area contributed by atoms with Gasteiger partial charge in [0.05, 0.1) is 0 Å². The average Bonchev–Trinajstić information content (AvgIpc) is 1.81. The van der Waals surface area contributed by atoms with Gasteiger partial charge in [0, 0.05) is 0 Å². The Balaban J connectivity index is -0.00000000900. The first-order valence-corrected chi connectivity index (χ1v) is 0.671. The zero-order valence-corrected chi connectivity index (χ0v) is 5.53. The Hall–Kier alpha value is -2.53. The maximum absolute atomic E-state index is 6.25. The van der Waals surface area contributed by atoms with Gasteiger partial charge in [-0.15, -0.1) is 0 Å². The van der Waals surface area contributed by atoms with E-state index in [1.165, 1.54) is 0 Å². The molecule has 0 saturated heterocycles. The van der Waals surface area contributed by atoms with E-state index in [9.17, 15) is 0 Å². The number of hydrogen-bond acceptors (Lipinski definition) is 3. The van der Waals surface area contributed by atoms with Crippen LogP contribution in [0.3, 0.4) is 0 Å². The standard InChI is InChI=1S/3CN.Fm/c3*1-2;/q3*-1;. The van der Waals surface area contributed by atoms with Crippen molar-refractivity contribution in [2.75, 3.05) is 0 Å². The van der Waals surface area contributed by atoms with Crippen LogP contribution in [0.1, 0.15) is 0 Å². The van der Waals surface area contributed by atoms with Crippen LogP contribution in [-0.4, -0.2) is 0 Å². The minimum atomic E-state index is 0. The average molecular weight is 335 g/mol. The molecule has 3 nitrogen and oxygen atoms in total. The molecule has 0 aliphatic heterocycles. The minimum Gasteiger partial charge on any atom is -0.512 e. The maximum atomic E-state index is 6.25. The summed E-state index contributed by atoms with van der Waals surface area (Å²) in [5.74, 6) is 0. The second-order valence-electron chi connectivity index (χ2n) is 0. The minimum absolute atomic E-state index is 0. The predicted octanol–water partition coefficient (Wildman–Crippen LogP) is 0.289. The SMILES string of the molecule is [C-]#N.[C-]#N.[C-]#N.[Fm]. The maximum Gasteiger partial charge on any atom is 0 e. The molecule has 0 aliphatic carbocycles. The van der Waals surface area contributed by atoms with Crippen molar-refractivity contribution in [3.05, 3.63) is 19.7 Å². The van der Waals surface area contributed by atoms with Crippen LogP contribution in [0.25, 0.3) is 0 Å². The summed E-state index contributed by atoms with van der Waals surface area (Å²) < 4.78 is 0. The molecule has 0 aromatic carbocycles. The van der Waals surface area contributed by atoms with Crippen molar-refractivity contribution in [2.45, 2.75) is 0 Å². The normalized spacial score (nSPS) is 0.857. The molecule has 0 heterocycles. The summed E-state index contributed by atoms with van der Waals surface area (Å²) in [5, 5.41) is 18.8. The first-order valence-electron chi connectivity index (χ1n) is 0.671. The summed E-state index contributed by atoms with van der Waals surface area (Å²) in [5.41, 5.74) is 0. The van der Waals surface area contributed by atoms with Gasteiger partial charge in [0.1, 0.15) is 0 Å². The number of hydrogen-bond donors (Lipinski definition) is 0. The molecule has 0 N–H and O–H groups in total. The second kappa shape index (κ2) is 3.31. The van der Waals surface area contributed by atoms with Gasteiger partial charge in [-0.2, -0.15) is 0 Å². The Morgan fingerprint density at radius 2 is 0.571 bits per heavy atom. The van der Waals surface area contributed by atoms with Crippen LogP contribution in [0.15, 0.2) is 0 Å². The van der Waals surface area contributed by atoms with Gasteiger partial charge in [0.25, 0.3) is 0 Å². The van der Waals surface area contributed by atoms with E-state index in [1.54, 1.807) is 0 Å². The summed E-state index contributed by atoms with van der Waals surface area (Å²) in [4.78, 5) is 0. The van der Waals surface area contributed by atoms with E-state index in [2.05, 4.69) is 0 Å². The van der Waals surface area contributed by atoms with Crippen molar-refractivity contribution >= 4 is 0 Å². The van der Waals surface area contributed by atoms with Crippen molar-refractivity contribution in [3.63, 3.8) is 0 Å². The Labute approximate surface area is 36.7 Å². The predicted molar refractivity (Wildman–Crippen MR) is 14.9 cm³/mol. The molecule has 0 spiro atoms. The Morgan fingerprint density at radius 3 is 0.571 bits per heavy atom. The molecule has 0 atom stereocenters. The number of rotatable bonds is 0. The fourth-order valence-electron chi connectivity index (χ4n) is 0. The van der Waals surface area contributed by atoms with Crippen LogP contribution in [0.5, 0.6) is 0 Å². The van der Waals surface area contributed by atoms with Gasteiger partial charge in [0.2, 0.25) is 0 Å². The molecule has 42 valence electrons. The first kappa shape index (κ1) is 244. The molecule has 0 saturated carbocycles. The van der Waals surface area contributed by atoms with Crippen LogP contribution >= 0.6 is 0 Å². The third-order valence-electron chi connectivity index (χ3n) is 0. The van der Waals surface area contributed by atoms with Gasteiger partial charge in [-0.05, 0) is 0 Å². The van der Waals surface area contributed by atoms with Crippen LogP contribution in [0.4, 0.5) is 0 Å². The molecule has 0 bridgehead atoms. The molecule has 0 rings (SSSR count). The van der Waals surface area contributed by atoms with Crippen LogP contribution < -0.4 is 0 Å². The molecule has 4 heteroatoms. The van der Waals surface area contributed by atoms with E-state index in [4.69, 9.17) is 35.5 Å². The van der Waals surface area contributed by atoms with Crippen molar-refractivity contribution in [2.24, 2.45) is 0 Å². The molecule has 0 unspecified atom stereocenters. The quantitative estimate of drug-likeness (QED) is 0.598. The fraction of sp³-hybridized carbons (Fsp3) is 0. The third kappa shape index (κ3) is 1.17. The van der Waals surface area contributed by atoms with Crippen LogP contribution in [-0.2, 0) is 0 Å². The fourth-order valence-corrected chi connectivity index (χ4v) is 0. The smallest absolute Gasteiger partial charge is 0 e. The summed E-state index contributed by atoms with van der Waals surface area (Å²) >= 11 is 0. The second-order valence-corrected chi connectivity index (χ2v) is 0. The topological polar surface area (TPSA) is 71.4 Å². The monoisotopic (exact) mass is 335 g/mol. The largest absolute Gasteiger partial charge is 0.512 e. The molecule has 0 aromatic heterocycles. The molecule has 0 amide bonds. The summed E-state index contributed by atoms with van der Waals surface area (Å²) in [6.45, 7) is 14.2. The molecule has 0 fully saturated rings. The Morgan fingerprint density at radius 1 is 0.571 bits per heavy atom. The van der Waals surface area contributed by atoms with Gasteiger partial charge >= 0.3 is 0 Å². The summed E-state index contributed by atoms with van der Waals surface area (Å²) in [7, 11) is 0. The van der Waals surface area contributed by atoms with Crippen molar-refractivity contribution in [1.82, 2.24) is 0 Å². The van der Waals surface area contributed by atoms with E-state index in [-0.39, 0.29) is 0 Å². The third-order valence-corrected chi connectivity index (χ3v) is 0. The van der Waals surface area contributed by atoms with Crippen molar-refractivity contribution in [1.29, 1.82) is 15.8 Å². The van der Waals surface area contributed by atoms with Gasteiger partial charge in [-0.1, -0.05) is 0 Å². The first-order chi connectivity index (χ1) is 3.00. The van der Waals surface area contributed by atoms with E-state index < -0.39 is 0 Å². The number of nitrogens with zero attached hydrogens (tertiary/aromatic N) is 3. The van der Waals surface area contributed by atoms with Crippen molar-refractivity contribution < 1.29 is 0 Å². The zero-order valence-electron chi connectivity index (χ0n) is 3.13. The van der Waals surface area contributed by atoms with E-state index in [0.29, 0.717) is 0 Å². The van der Waals surface area contributed by atoms with Gasteiger partial charge in [0.15, 0.2) is 0 Å².